The molecule has 0 radical (unpaired) electrons. The molecule has 0 aromatic rings. The predicted octanol–water partition coefficient (Wildman–Crippen LogP) is 1.15. The number of likely N-dealkylation sites (tertiary alicyclic amines) is 1. The third kappa shape index (κ3) is 2.67. The highest BCUT2D eigenvalue weighted by Gasteiger charge is 2.34. The number of fused-ring (bicyclic) bond motifs is 3. The molecule has 17 heavy (non-hydrogen) atoms. The van der Waals surface area contributed by atoms with Crippen LogP contribution in [-0.2, 0) is 0 Å². The van der Waals surface area contributed by atoms with Gasteiger partial charge in [-0.3, -0.25) is 4.90 Å². The van der Waals surface area contributed by atoms with Crippen LogP contribution in [0, 0.1) is 5.92 Å². The maximum Gasteiger partial charge on any atom is 0.0224 e. The van der Waals surface area contributed by atoms with Gasteiger partial charge in [0.15, 0.2) is 0 Å². The summed E-state index contributed by atoms with van der Waals surface area (Å²) in [5.41, 5.74) is 0. The van der Waals surface area contributed by atoms with Crippen molar-refractivity contribution in [3.05, 3.63) is 0 Å². The van der Waals surface area contributed by atoms with E-state index in [0.29, 0.717) is 0 Å². The number of hydrogen-bond donors (Lipinski definition) is 1. The highest BCUT2D eigenvalue weighted by molar-refractivity contribution is 4.91. The number of piperidine rings is 3. The lowest BCUT2D eigenvalue weighted by molar-refractivity contribution is 0.0690. The molecule has 1 N–H and O–H groups in total. The summed E-state index contributed by atoms with van der Waals surface area (Å²) in [4.78, 5) is 5.28. The molecule has 4 saturated heterocycles. The summed E-state index contributed by atoms with van der Waals surface area (Å²) in [5.74, 6) is 0.964. The van der Waals surface area contributed by atoms with Gasteiger partial charge < -0.3 is 10.2 Å². The van der Waals surface area contributed by atoms with Crippen LogP contribution in [0.4, 0.5) is 0 Å². The van der Waals surface area contributed by atoms with E-state index in [-0.39, 0.29) is 0 Å². The Morgan fingerprint density at radius 3 is 2.41 bits per heavy atom. The molecule has 2 atom stereocenters. The lowest BCUT2D eigenvalue weighted by Crippen LogP contribution is -2.57. The van der Waals surface area contributed by atoms with Gasteiger partial charge in [-0.2, -0.15) is 0 Å². The molecule has 4 heterocycles. The van der Waals surface area contributed by atoms with Crippen molar-refractivity contribution in [2.75, 3.05) is 39.3 Å². The molecule has 3 heteroatoms. The fourth-order valence-electron chi connectivity index (χ4n) is 3.83. The monoisotopic (exact) mass is 237 g/mol. The van der Waals surface area contributed by atoms with Gasteiger partial charge in [-0.25, -0.2) is 0 Å². The molecule has 0 amide bonds. The summed E-state index contributed by atoms with van der Waals surface area (Å²) < 4.78 is 0. The van der Waals surface area contributed by atoms with Crippen LogP contribution in [0.1, 0.15) is 32.6 Å². The average Bonchev–Trinajstić information content (AvgIpc) is 2.91. The number of hydrogen-bond acceptors (Lipinski definition) is 3. The third-order valence-electron chi connectivity index (χ3n) is 5.10. The summed E-state index contributed by atoms with van der Waals surface area (Å²) >= 11 is 0. The molecule has 4 rings (SSSR count). The molecule has 4 fully saturated rings. The van der Waals surface area contributed by atoms with Gasteiger partial charge in [0.2, 0.25) is 0 Å². The van der Waals surface area contributed by atoms with Crippen molar-refractivity contribution in [2.24, 2.45) is 5.92 Å². The van der Waals surface area contributed by atoms with Crippen molar-refractivity contribution in [1.29, 1.82) is 0 Å². The first-order chi connectivity index (χ1) is 8.33. The first kappa shape index (κ1) is 11.9. The summed E-state index contributed by atoms with van der Waals surface area (Å²) in [6.07, 6.45) is 5.67. The van der Waals surface area contributed by atoms with Gasteiger partial charge in [0.1, 0.15) is 0 Å². The Morgan fingerprint density at radius 2 is 1.82 bits per heavy atom. The van der Waals surface area contributed by atoms with E-state index in [1.54, 1.807) is 0 Å². The molecular weight excluding hydrogens is 210 g/mol. The minimum atomic E-state index is 0.730. The molecule has 4 aliphatic rings. The van der Waals surface area contributed by atoms with E-state index in [0.717, 1.165) is 18.0 Å². The van der Waals surface area contributed by atoms with Crippen molar-refractivity contribution >= 4 is 0 Å². The SMILES string of the molecule is CC(CNC1CN2CCC1CC2)N1CCCC1. The zero-order chi connectivity index (χ0) is 11.7. The first-order valence-corrected chi connectivity index (χ1v) is 7.53. The lowest BCUT2D eigenvalue weighted by Gasteiger charge is -2.45. The second-order valence-corrected chi connectivity index (χ2v) is 6.24. The highest BCUT2D eigenvalue weighted by atomic mass is 15.2. The summed E-state index contributed by atoms with van der Waals surface area (Å²) in [5, 5.41) is 3.85. The quantitative estimate of drug-likeness (QED) is 0.791. The lowest BCUT2D eigenvalue weighted by atomic mass is 9.84. The Balaban J connectivity index is 1.44. The fraction of sp³-hybridized carbons (Fsp3) is 1.00. The van der Waals surface area contributed by atoms with Crippen LogP contribution in [0.3, 0.4) is 0 Å². The minimum Gasteiger partial charge on any atom is -0.311 e. The van der Waals surface area contributed by atoms with E-state index in [2.05, 4.69) is 22.0 Å². The maximum absolute atomic E-state index is 3.85. The van der Waals surface area contributed by atoms with Crippen LogP contribution in [-0.4, -0.2) is 61.2 Å². The second kappa shape index (κ2) is 5.25. The number of nitrogens with zero attached hydrogens (tertiary/aromatic N) is 2. The average molecular weight is 237 g/mol. The molecule has 3 nitrogen and oxygen atoms in total. The Kier molecular flexibility index (Phi) is 3.69. The van der Waals surface area contributed by atoms with E-state index in [1.807, 2.05) is 0 Å². The molecule has 0 spiro atoms. The minimum absolute atomic E-state index is 0.730. The van der Waals surface area contributed by atoms with E-state index in [9.17, 15) is 0 Å². The fourth-order valence-corrected chi connectivity index (χ4v) is 3.83. The molecule has 2 unspecified atom stereocenters. The molecule has 0 aromatic carbocycles. The van der Waals surface area contributed by atoms with Gasteiger partial charge in [-0.15, -0.1) is 0 Å². The molecule has 4 aliphatic heterocycles. The van der Waals surface area contributed by atoms with Crippen LogP contribution < -0.4 is 5.32 Å². The first-order valence-electron chi connectivity index (χ1n) is 7.53. The molecule has 0 saturated carbocycles. The van der Waals surface area contributed by atoms with Crippen LogP contribution in [0.15, 0.2) is 0 Å². The van der Waals surface area contributed by atoms with Gasteiger partial charge in [-0.05, 0) is 64.7 Å². The van der Waals surface area contributed by atoms with Gasteiger partial charge in [0, 0.05) is 25.2 Å². The molecule has 0 aromatic heterocycles. The zero-order valence-electron chi connectivity index (χ0n) is 11.2. The van der Waals surface area contributed by atoms with E-state index < -0.39 is 0 Å². The van der Waals surface area contributed by atoms with E-state index >= 15 is 0 Å². The van der Waals surface area contributed by atoms with Crippen LogP contribution in [0.25, 0.3) is 0 Å². The van der Waals surface area contributed by atoms with Crippen LogP contribution in [0.5, 0.6) is 0 Å². The van der Waals surface area contributed by atoms with Crippen molar-refractivity contribution in [3.63, 3.8) is 0 Å². The molecule has 98 valence electrons. The van der Waals surface area contributed by atoms with Crippen molar-refractivity contribution < 1.29 is 0 Å². The van der Waals surface area contributed by atoms with Gasteiger partial charge in [0.05, 0.1) is 0 Å². The Morgan fingerprint density at radius 1 is 1.12 bits per heavy atom. The Bertz CT molecular complexity index is 242. The molecular formula is C14H27N3. The summed E-state index contributed by atoms with van der Waals surface area (Å²) in [6.45, 7) is 10.2. The largest absolute Gasteiger partial charge is 0.311 e. The van der Waals surface area contributed by atoms with Crippen LogP contribution in [0.2, 0.25) is 0 Å². The normalized spacial score (nSPS) is 39.7. The Hall–Kier alpha value is -0.120. The summed E-state index contributed by atoms with van der Waals surface area (Å²) in [7, 11) is 0. The highest BCUT2D eigenvalue weighted by Crippen LogP contribution is 2.27. The molecule has 2 bridgehead atoms. The van der Waals surface area contributed by atoms with Crippen molar-refractivity contribution in [1.82, 2.24) is 15.1 Å². The van der Waals surface area contributed by atoms with E-state index in [4.69, 9.17) is 0 Å². The van der Waals surface area contributed by atoms with Crippen LogP contribution >= 0.6 is 0 Å². The zero-order valence-corrected chi connectivity index (χ0v) is 11.2. The van der Waals surface area contributed by atoms with E-state index in [1.165, 1.54) is 65.0 Å². The number of nitrogens with one attached hydrogen (secondary N) is 1. The number of rotatable bonds is 4. The third-order valence-corrected chi connectivity index (χ3v) is 5.10. The second-order valence-electron chi connectivity index (χ2n) is 6.24. The Labute approximate surface area is 106 Å². The maximum atomic E-state index is 3.85. The van der Waals surface area contributed by atoms with Gasteiger partial charge in [0.25, 0.3) is 0 Å². The van der Waals surface area contributed by atoms with Crippen molar-refractivity contribution in [2.45, 2.75) is 44.7 Å². The topological polar surface area (TPSA) is 18.5 Å². The summed E-state index contributed by atoms with van der Waals surface area (Å²) in [6, 6.07) is 1.51. The standard InChI is InChI=1S/C14H27N3/c1-12(17-6-2-3-7-17)10-15-14-11-16-8-4-13(14)5-9-16/h12-15H,2-11H2,1H3. The van der Waals surface area contributed by atoms with Gasteiger partial charge in [-0.1, -0.05) is 0 Å². The predicted molar refractivity (Wildman–Crippen MR) is 71.2 cm³/mol. The molecule has 0 aliphatic carbocycles. The van der Waals surface area contributed by atoms with Gasteiger partial charge >= 0.3 is 0 Å². The smallest absolute Gasteiger partial charge is 0.0224 e. The van der Waals surface area contributed by atoms with Crippen molar-refractivity contribution in [3.8, 4) is 0 Å².